The van der Waals surface area contributed by atoms with Crippen molar-refractivity contribution in [2.45, 2.75) is 19.1 Å². The lowest BCUT2D eigenvalue weighted by Crippen LogP contribution is -2.28. The van der Waals surface area contributed by atoms with E-state index in [-0.39, 0.29) is 6.54 Å². The number of benzene rings is 1. The predicted octanol–water partition coefficient (Wildman–Crippen LogP) is 2.65. The van der Waals surface area contributed by atoms with Crippen LogP contribution in [0.4, 0.5) is 13.2 Å². The summed E-state index contributed by atoms with van der Waals surface area (Å²) >= 11 is 0. The highest BCUT2D eigenvalue weighted by molar-refractivity contribution is 5.76. The number of carbonyl (C=O) groups excluding carboxylic acids is 1. The van der Waals surface area contributed by atoms with Gasteiger partial charge < -0.3 is 5.32 Å². The normalized spacial score (nSPS) is 11.3. The smallest absolute Gasteiger partial charge is 0.352 e. The lowest BCUT2D eigenvalue weighted by atomic mass is 10.1. The van der Waals surface area contributed by atoms with E-state index in [9.17, 15) is 18.0 Å². The molecule has 0 bridgehead atoms. The molecular weight excluding hydrogens is 271 g/mol. The van der Waals surface area contributed by atoms with Gasteiger partial charge in [-0.3, -0.25) is 9.89 Å². The zero-order valence-corrected chi connectivity index (χ0v) is 10.4. The van der Waals surface area contributed by atoms with Crippen molar-refractivity contribution in [3.8, 4) is 11.3 Å². The molecule has 1 amide bonds. The summed E-state index contributed by atoms with van der Waals surface area (Å²) in [6.07, 6.45) is -4.31. The molecule has 0 unspecified atom stereocenters. The van der Waals surface area contributed by atoms with Gasteiger partial charge in [0.2, 0.25) is 5.91 Å². The number of rotatable bonds is 4. The van der Waals surface area contributed by atoms with Crippen molar-refractivity contribution in [1.29, 1.82) is 0 Å². The van der Waals surface area contributed by atoms with Crippen molar-refractivity contribution < 1.29 is 18.0 Å². The minimum absolute atomic E-state index is 0.0676. The summed E-state index contributed by atoms with van der Waals surface area (Å²) in [5.41, 5.74) is 2.48. The van der Waals surface area contributed by atoms with Gasteiger partial charge in [0.15, 0.2) is 0 Å². The summed E-state index contributed by atoms with van der Waals surface area (Å²) in [7, 11) is 0. The maximum Gasteiger partial charge on any atom is 0.397 e. The second-order valence-electron chi connectivity index (χ2n) is 4.24. The van der Waals surface area contributed by atoms with E-state index in [4.69, 9.17) is 0 Å². The molecular formula is C13H12F3N3O. The molecule has 0 aliphatic heterocycles. The monoisotopic (exact) mass is 283 g/mol. The van der Waals surface area contributed by atoms with Crippen LogP contribution in [0.5, 0.6) is 0 Å². The van der Waals surface area contributed by atoms with Gasteiger partial charge in [-0.1, -0.05) is 24.3 Å². The van der Waals surface area contributed by atoms with Crippen LogP contribution in [-0.4, -0.2) is 22.3 Å². The van der Waals surface area contributed by atoms with Crippen molar-refractivity contribution in [3.63, 3.8) is 0 Å². The molecule has 4 nitrogen and oxygen atoms in total. The number of nitrogens with zero attached hydrogens (tertiary/aromatic N) is 1. The molecule has 2 rings (SSSR count). The number of amides is 1. The Hall–Kier alpha value is -2.31. The number of hydrogen-bond donors (Lipinski definition) is 2. The number of aromatic amines is 1. The van der Waals surface area contributed by atoms with Crippen LogP contribution in [0.2, 0.25) is 0 Å². The molecule has 0 aliphatic rings. The SMILES string of the molecule is O=C(CC(F)(F)F)NCc1ccc(-c2ccn[nH]2)cc1. The van der Waals surface area contributed by atoms with Gasteiger partial charge in [0.05, 0.1) is 5.69 Å². The Morgan fingerprint density at radius 2 is 1.90 bits per heavy atom. The summed E-state index contributed by atoms with van der Waals surface area (Å²) in [6, 6.07) is 8.89. The molecule has 1 heterocycles. The largest absolute Gasteiger partial charge is 0.397 e. The summed E-state index contributed by atoms with van der Waals surface area (Å²) < 4.78 is 35.9. The summed E-state index contributed by atoms with van der Waals surface area (Å²) in [6.45, 7) is 0.0676. The standard InChI is InChI=1S/C13H12F3N3O/c14-13(15,16)7-12(20)17-8-9-1-3-10(4-2-9)11-5-6-18-19-11/h1-6H,7-8H2,(H,17,20)(H,18,19). The number of H-pyrrole nitrogens is 1. The van der Waals surface area contributed by atoms with E-state index in [1.807, 2.05) is 0 Å². The molecule has 0 saturated carbocycles. The fraction of sp³-hybridized carbons (Fsp3) is 0.231. The van der Waals surface area contributed by atoms with Gasteiger partial charge in [-0.05, 0) is 17.2 Å². The molecule has 2 N–H and O–H groups in total. The summed E-state index contributed by atoms with van der Waals surface area (Å²) in [4.78, 5) is 11.0. The molecule has 0 radical (unpaired) electrons. The first-order chi connectivity index (χ1) is 9.44. The van der Waals surface area contributed by atoms with Crippen molar-refractivity contribution in [2.24, 2.45) is 0 Å². The molecule has 1 aromatic carbocycles. The molecule has 2 aromatic rings. The Morgan fingerprint density at radius 3 is 2.45 bits per heavy atom. The number of aromatic nitrogens is 2. The second kappa shape index (κ2) is 5.77. The van der Waals surface area contributed by atoms with E-state index in [2.05, 4.69) is 15.5 Å². The minimum Gasteiger partial charge on any atom is -0.352 e. The van der Waals surface area contributed by atoms with Gasteiger partial charge in [0.25, 0.3) is 0 Å². The maximum absolute atomic E-state index is 12.0. The average Bonchev–Trinajstić information content (AvgIpc) is 2.89. The van der Waals surface area contributed by atoms with E-state index >= 15 is 0 Å². The number of nitrogens with one attached hydrogen (secondary N) is 2. The number of alkyl halides is 3. The molecule has 1 aromatic heterocycles. The molecule has 0 aliphatic carbocycles. The maximum atomic E-state index is 12.0. The van der Waals surface area contributed by atoms with E-state index in [1.165, 1.54) is 0 Å². The van der Waals surface area contributed by atoms with Gasteiger partial charge in [0.1, 0.15) is 6.42 Å². The van der Waals surface area contributed by atoms with Crippen molar-refractivity contribution in [2.75, 3.05) is 0 Å². The predicted molar refractivity (Wildman–Crippen MR) is 66.5 cm³/mol. The van der Waals surface area contributed by atoms with E-state index < -0.39 is 18.5 Å². The first-order valence-electron chi connectivity index (χ1n) is 5.86. The minimum atomic E-state index is -4.48. The number of hydrogen-bond acceptors (Lipinski definition) is 2. The van der Waals surface area contributed by atoms with E-state index in [0.29, 0.717) is 0 Å². The molecule has 20 heavy (non-hydrogen) atoms. The lowest BCUT2D eigenvalue weighted by Gasteiger charge is -2.08. The number of carbonyl (C=O) groups is 1. The first kappa shape index (κ1) is 14.1. The third-order valence-corrected chi connectivity index (χ3v) is 2.62. The molecule has 0 saturated heterocycles. The average molecular weight is 283 g/mol. The quantitative estimate of drug-likeness (QED) is 0.906. The van der Waals surface area contributed by atoms with Crippen LogP contribution in [0.3, 0.4) is 0 Å². The van der Waals surface area contributed by atoms with E-state index in [1.54, 1.807) is 36.5 Å². The Kier molecular flexibility index (Phi) is 4.07. The topological polar surface area (TPSA) is 57.8 Å². The molecule has 106 valence electrons. The highest BCUT2D eigenvalue weighted by atomic mass is 19.4. The number of halogens is 3. The van der Waals surface area contributed by atoms with Gasteiger partial charge in [-0.2, -0.15) is 18.3 Å². The van der Waals surface area contributed by atoms with E-state index in [0.717, 1.165) is 16.8 Å². The van der Waals surface area contributed by atoms with Gasteiger partial charge >= 0.3 is 6.18 Å². The lowest BCUT2D eigenvalue weighted by molar-refractivity contribution is -0.153. The third-order valence-electron chi connectivity index (χ3n) is 2.62. The molecule has 0 atom stereocenters. The Labute approximate surface area is 113 Å². The summed E-state index contributed by atoms with van der Waals surface area (Å²) in [5.74, 6) is -1.03. The van der Waals surface area contributed by atoms with Crippen LogP contribution in [-0.2, 0) is 11.3 Å². The zero-order chi connectivity index (χ0) is 14.6. The molecule has 7 heteroatoms. The van der Waals surface area contributed by atoms with Crippen molar-refractivity contribution >= 4 is 5.91 Å². The van der Waals surface area contributed by atoms with Gasteiger partial charge in [-0.15, -0.1) is 0 Å². The Morgan fingerprint density at radius 1 is 1.20 bits per heavy atom. The van der Waals surface area contributed by atoms with Crippen LogP contribution >= 0.6 is 0 Å². The Bertz CT molecular complexity index is 562. The highest BCUT2D eigenvalue weighted by Crippen LogP contribution is 2.19. The van der Waals surface area contributed by atoms with Crippen LogP contribution in [0.15, 0.2) is 36.5 Å². The second-order valence-corrected chi connectivity index (χ2v) is 4.24. The molecule has 0 spiro atoms. The zero-order valence-electron chi connectivity index (χ0n) is 10.4. The van der Waals surface area contributed by atoms with Crippen LogP contribution in [0.1, 0.15) is 12.0 Å². The first-order valence-corrected chi connectivity index (χ1v) is 5.86. The van der Waals surface area contributed by atoms with Gasteiger partial charge in [0, 0.05) is 12.7 Å². The van der Waals surface area contributed by atoms with Crippen molar-refractivity contribution in [1.82, 2.24) is 15.5 Å². The van der Waals surface area contributed by atoms with Crippen LogP contribution in [0.25, 0.3) is 11.3 Å². The highest BCUT2D eigenvalue weighted by Gasteiger charge is 2.30. The molecule has 0 fully saturated rings. The van der Waals surface area contributed by atoms with Gasteiger partial charge in [-0.25, -0.2) is 0 Å². The van der Waals surface area contributed by atoms with Crippen LogP contribution in [0, 0.1) is 0 Å². The fourth-order valence-corrected chi connectivity index (χ4v) is 1.66. The third kappa shape index (κ3) is 4.11. The fourth-order valence-electron chi connectivity index (χ4n) is 1.66. The summed E-state index contributed by atoms with van der Waals surface area (Å²) in [5, 5.41) is 8.86. The van der Waals surface area contributed by atoms with Crippen LogP contribution < -0.4 is 5.32 Å². The Balaban J connectivity index is 1.90. The van der Waals surface area contributed by atoms with Crippen molar-refractivity contribution in [3.05, 3.63) is 42.1 Å².